The summed E-state index contributed by atoms with van der Waals surface area (Å²) in [5.41, 5.74) is -1.45. The number of amides is 1. The predicted molar refractivity (Wildman–Crippen MR) is 56.4 cm³/mol. The Labute approximate surface area is 102 Å². The lowest BCUT2D eigenvalue weighted by atomic mass is 9.99. The third-order valence-electron chi connectivity index (χ3n) is 3.15. The standard InChI is InChI=1S/C10H15FN2O5/c1-10(4-14)7(16)6(11)8(18-10)13-3-2-5(15)12-9(13)17/h2-3,6-9,14,16-17H,4H2,1H3,(H,12,15). The van der Waals surface area contributed by atoms with E-state index < -0.39 is 43.0 Å². The molecule has 5 atom stereocenters. The zero-order chi connectivity index (χ0) is 13.5. The fraction of sp³-hybridized carbons (Fsp3) is 0.700. The zero-order valence-electron chi connectivity index (χ0n) is 9.65. The molecule has 18 heavy (non-hydrogen) atoms. The molecular weight excluding hydrogens is 247 g/mol. The van der Waals surface area contributed by atoms with E-state index in [2.05, 4.69) is 5.32 Å². The Balaban J connectivity index is 2.20. The molecule has 0 aromatic carbocycles. The van der Waals surface area contributed by atoms with Crippen LogP contribution in [-0.4, -0.2) is 63.2 Å². The third kappa shape index (κ3) is 1.97. The number of rotatable bonds is 2. The summed E-state index contributed by atoms with van der Waals surface area (Å²) < 4.78 is 19.2. The van der Waals surface area contributed by atoms with Gasteiger partial charge < -0.3 is 30.3 Å². The molecule has 2 rings (SSSR count). The van der Waals surface area contributed by atoms with Gasteiger partial charge in [0, 0.05) is 12.3 Å². The van der Waals surface area contributed by atoms with Crippen LogP contribution < -0.4 is 5.32 Å². The summed E-state index contributed by atoms with van der Waals surface area (Å²) in [6.45, 7) is 0.800. The number of hydrogen-bond donors (Lipinski definition) is 4. The molecule has 2 aliphatic rings. The van der Waals surface area contributed by atoms with Crippen LogP contribution in [0, 0.1) is 0 Å². The molecule has 1 fully saturated rings. The van der Waals surface area contributed by atoms with Crippen molar-refractivity contribution in [2.24, 2.45) is 0 Å². The Morgan fingerprint density at radius 1 is 1.61 bits per heavy atom. The van der Waals surface area contributed by atoms with Crippen molar-refractivity contribution >= 4 is 5.91 Å². The van der Waals surface area contributed by atoms with Crippen molar-refractivity contribution in [2.45, 2.75) is 37.4 Å². The maximum atomic E-state index is 13.9. The SMILES string of the molecule is CC1(CO)OC(N2C=CC(=O)NC2O)C(F)C1O. The second-order valence-electron chi connectivity index (χ2n) is 4.51. The molecule has 7 nitrogen and oxygen atoms in total. The van der Waals surface area contributed by atoms with Crippen molar-refractivity contribution < 1.29 is 29.2 Å². The molecule has 5 unspecified atom stereocenters. The Kier molecular flexibility index (Phi) is 3.28. The Hall–Kier alpha value is -1.22. The van der Waals surface area contributed by atoms with Gasteiger partial charge in [0.25, 0.3) is 0 Å². The van der Waals surface area contributed by atoms with Crippen LogP contribution in [0.3, 0.4) is 0 Å². The van der Waals surface area contributed by atoms with E-state index in [-0.39, 0.29) is 0 Å². The molecule has 0 aromatic heterocycles. The number of carbonyl (C=O) groups is 1. The first kappa shape index (κ1) is 13.2. The molecule has 0 bridgehead atoms. The minimum Gasteiger partial charge on any atom is -0.393 e. The molecule has 0 saturated carbocycles. The maximum Gasteiger partial charge on any atom is 0.248 e. The van der Waals surface area contributed by atoms with E-state index >= 15 is 0 Å². The van der Waals surface area contributed by atoms with Crippen molar-refractivity contribution in [3.8, 4) is 0 Å². The second-order valence-corrected chi connectivity index (χ2v) is 4.51. The Morgan fingerprint density at radius 2 is 2.28 bits per heavy atom. The van der Waals surface area contributed by atoms with E-state index in [4.69, 9.17) is 9.84 Å². The summed E-state index contributed by atoms with van der Waals surface area (Å²) in [4.78, 5) is 12.0. The van der Waals surface area contributed by atoms with Gasteiger partial charge in [-0.2, -0.15) is 0 Å². The lowest BCUT2D eigenvalue weighted by Crippen LogP contribution is -2.54. The van der Waals surface area contributed by atoms with Crippen LogP contribution >= 0.6 is 0 Å². The molecule has 2 aliphatic heterocycles. The van der Waals surface area contributed by atoms with Gasteiger partial charge in [0.15, 0.2) is 12.4 Å². The fourth-order valence-electron chi connectivity index (χ4n) is 1.97. The highest BCUT2D eigenvalue weighted by molar-refractivity contribution is 5.88. The monoisotopic (exact) mass is 262 g/mol. The van der Waals surface area contributed by atoms with E-state index in [1.165, 1.54) is 13.1 Å². The van der Waals surface area contributed by atoms with Gasteiger partial charge in [-0.3, -0.25) is 4.79 Å². The first-order chi connectivity index (χ1) is 8.39. The molecule has 4 N–H and O–H groups in total. The van der Waals surface area contributed by atoms with Gasteiger partial charge in [0.05, 0.1) is 6.61 Å². The largest absolute Gasteiger partial charge is 0.393 e. The van der Waals surface area contributed by atoms with Crippen molar-refractivity contribution in [1.82, 2.24) is 10.2 Å². The van der Waals surface area contributed by atoms with Crippen LogP contribution in [0.15, 0.2) is 12.3 Å². The van der Waals surface area contributed by atoms with Gasteiger partial charge in [-0.25, -0.2) is 4.39 Å². The van der Waals surface area contributed by atoms with E-state index in [0.29, 0.717) is 0 Å². The Bertz CT molecular complexity index is 379. The van der Waals surface area contributed by atoms with E-state index in [0.717, 1.165) is 11.0 Å². The molecule has 0 spiro atoms. The normalized spacial score (nSPS) is 44.3. The first-order valence-corrected chi connectivity index (χ1v) is 5.44. The van der Waals surface area contributed by atoms with Crippen LogP contribution in [0.25, 0.3) is 0 Å². The second kappa shape index (κ2) is 4.47. The van der Waals surface area contributed by atoms with Crippen LogP contribution in [0.5, 0.6) is 0 Å². The highest BCUT2D eigenvalue weighted by atomic mass is 19.1. The molecule has 1 amide bonds. The van der Waals surface area contributed by atoms with Crippen molar-refractivity contribution in [3.63, 3.8) is 0 Å². The fourth-order valence-corrected chi connectivity index (χ4v) is 1.97. The van der Waals surface area contributed by atoms with Crippen molar-refractivity contribution in [3.05, 3.63) is 12.3 Å². The lowest BCUT2D eigenvalue weighted by molar-refractivity contribution is -0.168. The summed E-state index contributed by atoms with van der Waals surface area (Å²) in [5, 5.41) is 30.5. The number of ether oxygens (including phenoxy) is 1. The van der Waals surface area contributed by atoms with Crippen molar-refractivity contribution in [1.29, 1.82) is 0 Å². The minimum atomic E-state index is -1.82. The third-order valence-corrected chi connectivity index (χ3v) is 3.15. The number of aliphatic hydroxyl groups is 3. The molecule has 0 aliphatic carbocycles. The van der Waals surface area contributed by atoms with E-state index in [9.17, 15) is 19.4 Å². The van der Waals surface area contributed by atoms with E-state index in [1.54, 1.807) is 0 Å². The summed E-state index contributed by atoms with van der Waals surface area (Å²) in [6.07, 6.45) is -3.80. The topological polar surface area (TPSA) is 102 Å². The summed E-state index contributed by atoms with van der Waals surface area (Å²) >= 11 is 0. The lowest BCUT2D eigenvalue weighted by Gasteiger charge is -2.35. The summed E-state index contributed by atoms with van der Waals surface area (Å²) in [7, 11) is 0. The first-order valence-electron chi connectivity index (χ1n) is 5.44. The van der Waals surface area contributed by atoms with Gasteiger partial charge in [-0.05, 0) is 6.92 Å². The average molecular weight is 262 g/mol. The van der Waals surface area contributed by atoms with E-state index in [1.807, 2.05) is 0 Å². The number of nitrogens with zero attached hydrogens (tertiary/aromatic N) is 1. The van der Waals surface area contributed by atoms with Crippen LogP contribution in [0.4, 0.5) is 4.39 Å². The summed E-state index contributed by atoms with van der Waals surface area (Å²) in [6, 6.07) is 0. The highest BCUT2D eigenvalue weighted by Gasteiger charge is 2.54. The molecule has 2 heterocycles. The zero-order valence-corrected chi connectivity index (χ0v) is 9.65. The minimum absolute atomic E-state index is 0.516. The highest BCUT2D eigenvalue weighted by Crippen LogP contribution is 2.35. The number of nitrogens with one attached hydrogen (secondary N) is 1. The number of aliphatic hydroxyl groups excluding tert-OH is 3. The molecule has 0 aromatic rings. The number of carbonyl (C=O) groups excluding carboxylic acids is 1. The van der Waals surface area contributed by atoms with Crippen LogP contribution in [0.2, 0.25) is 0 Å². The quantitative estimate of drug-likeness (QED) is 0.460. The molecule has 8 heteroatoms. The number of halogens is 1. The number of alkyl halides is 1. The van der Waals surface area contributed by atoms with Crippen LogP contribution in [0.1, 0.15) is 6.92 Å². The van der Waals surface area contributed by atoms with Gasteiger partial charge in [-0.1, -0.05) is 0 Å². The molecular formula is C10H15FN2O5. The Morgan fingerprint density at radius 3 is 2.78 bits per heavy atom. The summed E-state index contributed by atoms with van der Waals surface area (Å²) in [5.74, 6) is -0.516. The van der Waals surface area contributed by atoms with Gasteiger partial charge in [0.1, 0.15) is 11.7 Å². The van der Waals surface area contributed by atoms with Gasteiger partial charge in [-0.15, -0.1) is 0 Å². The van der Waals surface area contributed by atoms with Crippen LogP contribution in [-0.2, 0) is 9.53 Å². The molecule has 0 radical (unpaired) electrons. The van der Waals surface area contributed by atoms with Crippen molar-refractivity contribution in [2.75, 3.05) is 6.61 Å². The number of hydrogen-bond acceptors (Lipinski definition) is 6. The average Bonchev–Trinajstić information content (AvgIpc) is 2.55. The molecule has 102 valence electrons. The predicted octanol–water partition coefficient (Wildman–Crippen LogP) is -1.99. The van der Waals surface area contributed by atoms with Gasteiger partial charge >= 0.3 is 0 Å². The maximum absolute atomic E-state index is 13.9. The van der Waals surface area contributed by atoms with Gasteiger partial charge in [0.2, 0.25) is 12.3 Å². The smallest absolute Gasteiger partial charge is 0.248 e. The molecule has 1 saturated heterocycles.